The minimum absolute atomic E-state index is 0.00769. The molecule has 0 fully saturated rings. The highest BCUT2D eigenvalue weighted by atomic mass is 16.5. The number of nitrogens with zero attached hydrogens (tertiary/aromatic N) is 3. The second-order valence-corrected chi connectivity index (χ2v) is 6.06. The van der Waals surface area contributed by atoms with E-state index in [0.29, 0.717) is 5.56 Å². The van der Waals surface area contributed by atoms with Crippen LogP contribution in [0.25, 0.3) is 5.65 Å². The Morgan fingerprint density at radius 3 is 2.20 bits per heavy atom. The van der Waals surface area contributed by atoms with E-state index in [9.17, 15) is 14.4 Å². The topological polar surface area (TPSA) is 172 Å². The zero-order chi connectivity index (χ0) is 22.4. The number of methoxy groups -OCH3 is 2. The van der Waals surface area contributed by atoms with Gasteiger partial charge in [-0.05, 0) is 24.6 Å². The molecule has 2 heterocycles. The number of nitrogens with two attached hydrogens (primary N) is 2. The van der Waals surface area contributed by atoms with Crippen LogP contribution in [0.15, 0.2) is 36.5 Å². The van der Waals surface area contributed by atoms with Crippen molar-refractivity contribution in [2.75, 3.05) is 20.0 Å². The maximum absolute atomic E-state index is 11.5. The highest BCUT2D eigenvalue weighted by molar-refractivity contribution is 5.93. The molecule has 0 unspecified atom stereocenters. The summed E-state index contributed by atoms with van der Waals surface area (Å²) in [4.78, 5) is 37.1. The Hall–Kier alpha value is -3.99. The molecule has 0 spiro atoms. The number of nitrogen functional groups attached to an aromatic ring is 1. The number of aromatic carboxylic acids is 1. The quantitative estimate of drug-likeness (QED) is 0.527. The summed E-state index contributed by atoms with van der Waals surface area (Å²) in [6, 6.07) is 8.16. The minimum atomic E-state index is -1.27. The number of carbonyl (C=O) groups is 3. The van der Waals surface area contributed by atoms with Crippen molar-refractivity contribution >= 4 is 29.2 Å². The van der Waals surface area contributed by atoms with Crippen molar-refractivity contribution < 1.29 is 29.0 Å². The lowest BCUT2D eigenvalue weighted by molar-refractivity contribution is 0.0585. The van der Waals surface area contributed by atoms with Crippen molar-refractivity contribution in [1.29, 1.82) is 0 Å². The van der Waals surface area contributed by atoms with E-state index in [2.05, 4.69) is 19.6 Å². The molecular formula is C19H21N5O6. The highest BCUT2D eigenvalue weighted by Crippen LogP contribution is 2.15. The molecule has 2 aromatic heterocycles. The van der Waals surface area contributed by atoms with Crippen LogP contribution in [0.4, 0.5) is 5.69 Å². The van der Waals surface area contributed by atoms with Gasteiger partial charge in [-0.2, -0.15) is 5.10 Å². The van der Waals surface area contributed by atoms with E-state index in [1.165, 1.54) is 20.4 Å². The molecule has 0 bridgehead atoms. The fourth-order valence-corrected chi connectivity index (χ4v) is 2.38. The zero-order valence-corrected chi connectivity index (χ0v) is 16.5. The molecule has 11 nitrogen and oxygen atoms in total. The molecule has 0 aliphatic heterocycles. The van der Waals surface area contributed by atoms with Crippen molar-refractivity contribution in [2.24, 2.45) is 5.73 Å². The fourth-order valence-electron chi connectivity index (χ4n) is 2.38. The largest absolute Gasteiger partial charge is 0.477 e. The van der Waals surface area contributed by atoms with Crippen molar-refractivity contribution in [3.05, 3.63) is 59.0 Å². The Morgan fingerprint density at radius 2 is 1.70 bits per heavy atom. The Morgan fingerprint density at radius 1 is 1.10 bits per heavy atom. The average Bonchev–Trinajstić information content (AvgIpc) is 3.13. The molecule has 0 aliphatic rings. The standard InChI is InChI=1S/C10H13NO2.C9H8N4O4/c1-7(11)8-3-5-9(6-4-8)10(12)13-2;1-17-9(16)6-2-5(8(14)15)12-7-4(10)3-11-13(6)7/h3-7H,11H2,1-2H3;2-3H,10H2,1H3,(H,14,15)/t7-;/m0./s1. The Balaban J connectivity index is 0.000000222. The number of carboxylic acids is 1. The van der Waals surface area contributed by atoms with Crippen LogP contribution in [0, 0.1) is 0 Å². The number of carboxylic acid groups (broad SMARTS) is 1. The van der Waals surface area contributed by atoms with Crippen LogP contribution >= 0.6 is 0 Å². The van der Waals surface area contributed by atoms with Crippen molar-refractivity contribution in [2.45, 2.75) is 13.0 Å². The molecule has 5 N–H and O–H groups in total. The maximum Gasteiger partial charge on any atom is 0.356 e. The van der Waals surface area contributed by atoms with Gasteiger partial charge in [0.05, 0.1) is 31.7 Å². The van der Waals surface area contributed by atoms with Crippen LogP contribution in [0.5, 0.6) is 0 Å². The van der Waals surface area contributed by atoms with Gasteiger partial charge in [-0.3, -0.25) is 0 Å². The first-order chi connectivity index (χ1) is 14.2. The summed E-state index contributed by atoms with van der Waals surface area (Å²) in [5, 5.41) is 12.7. The first-order valence-corrected chi connectivity index (χ1v) is 8.59. The van der Waals surface area contributed by atoms with E-state index < -0.39 is 11.9 Å². The van der Waals surface area contributed by atoms with Gasteiger partial charge in [0.2, 0.25) is 0 Å². The monoisotopic (exact) mass is 415 g/mol. The number of hydrogen-bond donors (Lipinski definition) is 3. The minimum Gasteiger partial charge on any atom is -0.477 e. The van der Waals surface area contributed by atoms with Gasteiger partial charge in [0.15, 0.2) is 17.0 Å². The molecule has 0 aliphatic carbocycles. The number of carbonyl (C=O) groups excluding carboxylic acids is 2. The van der Waals surface area contributed by atoms with E-state index in [1.807, 2.05) is 19.1 Å². The van der Waals surface area contributed by atoms with E-state index >= 15 is 0 Å². The van der Waals surface area contributed by atoms with Gasteiger partial charge in [0.25, 0.3) is 0 Å². The Labute approximate surface area is 171 Å². The molecule has 3 aromatic rings. The lowest BCUT2D eigenvalue weighted by Gasteiger charge is -2.05. The molecule has 1 atom stereocenters. The zero-order valence-electron chi connectivity index (χ0n) is 16.5. The number of ether oxygens (including phenoxy) is 2. The van der Waals surface area contributed by atoms with Crippen molar-refractivity contribution in [3.8, 4) is 0 Å². The number of aromatic nitrogens is 3. The second kappa shape index (κ2) is 9.47. The van der Waals surface area contributed by atoms with Crippen LogP contribution < -0.4 is 11.5 Å². The summed E-state index contributed by atoms with van der Waals surface area (Å²) < 4.78 is 10.2. The van der Waals surface area contributed by atoms with E-state index in [0.717, 1.165) is 16.1 Å². The lowest BCUT2D eigenvalue weighted by atomic mass is 10.1. The number of benzene rings is 1. The van der Waals surface area contributed by atoms with Crippen LogP contribution in [0.2, 0.25) is 0 Å². The molecule has 0 saturated carbocycles. The summed E-state index contributed by atoms with van der Waals surface area (Å²) in [6.07, 6.45) is 1.28. The molecule has 11 heteroatoms. The van der Waals surface area contributed by atoms with Gasteiger partial charge >= 0.3 is 17.9 Å². The molecule has 0 saturated heterocycles. The third-order valence-corrected chi connectivity index (χ3v) is 3.97. The third-order valence-electron chi connectivity index (χ3n) is 3.97. The number of anilines is 1. The predicted octanol–water partition coefficient (Wildman–Crippen LogP) is 1.29. The fraction of sp³-hybridized carbons (Fsp3) is 0.211. The van der Waals surface area contributed by atoms with Gasteiger partial charge < -0.3 is 26.0 Å². The Bertz CT molecular complexity index is 1070. The van der Waals surface area contributed by atoms with Crippen LogP contribution in [-0.2, 0) is 9.47 Å². The lowest BCUT2D eigenvalue weighted by Crippen LogP contribution is -2.13. The molecule has 0 amide bonds. The predicted molar refractivity (Wildman–Crippen MR) is 106 cm³/mol. The summed E-state index contributed by atoms with van der Waals surface area (Å²) in [7, 11) is 2.55. The SMILES string of the molecule is COC(=O)c1cc(C(=O)O)nc2c(N)cnn12.COC(=O)c1ccc([C@H](C)N)cc1. The van der Waals surface area contributed by atoms with Gasteiger partial charge in [0, 0.05) is 12.1 Å². The van der Waals surface area contributed by atoms with Gasteiger partial charge in [-0.1, -0.05) is 12.1 Å². The van der Waals surface area contributed by atoms with Crippen molar-refractivity contribution in [3.63, 3.8) is 0 Å². The number of rotatable bonds is 4. The number of esters is 2. The molecule has 158 valence electrons. The van der Waals surface area contributed by atoms with Crippen LogP contribution in [0.1, 0.15) is 49.9 Å². The molecule has 0 radical (unpaired) electrons. The summed E-state index contributed by atoms with van der Waals surface area (Å²) in [5.41, 5.74) is 12.7. The maximum atomic E-state index is 11.5. The van der Waals surface area contributed by atoms with Gasteiger partial charge in [0.1, 0.15) is 0 Å². The number of fused-ring (bicyclic) bond motifs is 1. The van der Waals surface area contributed by atoms with Crippen LogP contribution in [0.3, 0.4) is 0 Å². The summed E-state index contributed by atoms with van der Waals surface area (Å²) in [5.74, 6) is -2.31. The first kappa shape index (κ1) is 22.3. The third kappa shape index (κ3) is 4.89. The Kier molecular flexibility index (Phi) is 7.04. The average molecular weight is 415 g/mol. The first-order valence-electron chi connectivity index (χ1n) is 8.59. The van der Waals surface area contributed by atoms with E-state index in [4.69, 9.17) is 16.6 Å². The van der Waals surface area contributed by atoms with Crippen molar-refractivity contribution in [1.82, 2.24) is 14.6 Å². The molecular weight excluding hydrogens is 394 g/mol. The van der Waals surface area contributed by atoms with Crippen LogP contribution in [-0.4, -0.2) is 51.8 Å². The van der Waals surface area contributed by atoms with E-state index in [-0.39, 0.29) is 34.7 Å². The second-order valence-electron chi connectivity index (χ2n) is 6.06. The summed E-state index contributed by atoms with van der Waals surface area (Å²) in [6.45, 7) is 1.90. The number of hydrogen-bond acceptors (Lipinski definition) is 9. The normalized spacial score (nSPS) is 11.2. The molecule has 3 rings (SSSR count). The van der Waals surface area contributed by atoms with Gasteiger partial charge in [-0.15, -0.1) is 0 Å². The molecule has 1 aromatic carbocycles. The van der Waals surface area contributed by atoms with E-state index in [1.54, 1.807) is 12.1 Å². The highest BCUT2D eigenvalue weighted by Gasteiger charge is 2.18. The summed E-state index contributed by atoms with van der Waals surface area (Å²) >= 11 is 0. The molecule has 30 heavy (non-hydrogen) atoms. The smallest absolute Gasteiger partial charge is 0.356 e. The van der Waals surface area contributed by atoms with Gasteiger partial charge in [-0.25, -0.2) is 23.9 Å².